The lowest BCUT2D eigenvalue weighted by atomic mass is 9.87. The third-order valence-corrected chi connectivity index (χ3v) is 9.98. The van der Waals surface area contributed by atoms with E-state index in [1.807, 2.05) is 0 Å². The summed E-state index contributed by atoms with van der Waals surface area (Å²) in [5.74, 6) is -2.75. The number of amides is 5. The summed E-state index contributed by atoms with van der Waals surface area (Å²) in [5.41, 5.74) is 2.62. The van der Waals surface area contributed by atoms with Crippen molar-refractivity contribution in [3.05, 3.63) is 85.7 Å². The first-order chi connectivity index (χ1) is 24.1. The Balaban J connectivity index is 1.09. The summed E-state index contributed by atoms with van der Waals surface area (Å²) in [4.78, 5) is 81.2. The highest BCUT2D eigenvalue weighted by molar-refractivity contribution is 9.10. The lowest BCUT2D eigenvalue weighted by molar-refractivity contribution is -0.149. The summed E-state index contributed by atoms with van der Waals surface area (Å²) in [7, 11) is 3.69. The van der Waals surface area contributed by atoms with Crippen molar-refractivity contribution in [2.24, 2.45) is 7.05 Å². The Morgan fingerprint density at radius 2 is 1.69 bits per heavy atom. The number of anilines is 2. The van der Waals surface area contributed by atoms with Gasteiger partial charge in [0.05, 0.1) is 23.0 Å². The number of likely N-dealkylation sites (tertiary alicyclic amines) is 2. The van der Waals surface area contributed by atoms with Gasteiger partial charge in [0.1, 0.15) is 16.1 Å². The van der Waals surface area contributed by atoms with E-state index in [0.717, 1.165) is 30.0 Å². The Labute approximate surface area is 303 Å². The average Bonchev–Trinajstić information content (AvgIpc) is 3.31. The molecule has 2 fully saturated rings. The van der Waals surface area contributed by atoms with E-state index in [9.17, 15) is 28.8 Å². The highest BCUT2D eigenvalue weighted by atomic mass is 79.9. The van der Waals surface area contributed by atoms with E-state index >= 15 is 0 Å². The molecule has 268 valence electrons. The number of rotatable bonds is 7. The molecule has 0 bridgehead atoms. The molecule has 2 aromatic carbocycles. The number of halogens is 1. The summed E-state index contributed by atoms with van der Waals surface area (Å²) in [6, 6.07) is 12.0. The second kappa shape index (κ2) is 14.0. The number of aromatic nitrogens is 2. The van der Waals surface area contributed by atoms with Crippen LogP contribution in [0.4, 0.5) is 16.2 Å². The number of benzene rings is 2. The number of fused-ring (bicyclic) bond motifs is 1. The van der Waals surface area contributed by atoms with Crippen molar-refractivity contribution in [2.75, 3.05) is 30.8 Å². The van der Waals surface area contributed by atoms with E-state index in [0.29, 0.717) is 27.3 Å². The minimum Gasteiger partial charge on any atom is -0.443 e. The van der Waals surface area contributed by atoms with E-state index < -0.39 is 41.4 Å². The fourth-order valence-electron chi connectivity index (χ4n) is 6.77. The van der Waals surface area contributed by atoms with Gasteiger partial charge in [-0.3, -0.25) is 28.9 Å². The van der Waals surface area contributed by atoms with Gasteiger partial charge in [-0.15, -0.1) is 0 Å². The smallest absolute Gasteiger partial charge is 0.424 e. The first-order valence-electron chi connectivity index (χ1n) is 16.7. The monoisotopic (exact) mass is 761 g/mol. The quantitative estimate of drug-likeness (QED) is 0.334. The predicted octanol–water partition coefficient (Wildman–Crippen LogP) is 4.10. The van der Waals surface area contributed by atoms with Crippen LogP contribution in [-0.2, 0) is 27.9 Å². The zero-order valence-electron chi connectivity index (χ0n) is 29.1. The van der Waals surface area contributed by atoms with Gasteiger partial charge in [-0.25, -0.2) is 9.48 Å². The number of carbonyl (C=O) groups is 5. The van der Waals surface area contributed by atoms with Crippen LogP contribution in [0.2, 0.25) is 0 Å². The van der Waals surface area contributed by atoms with Crippen molar-refractivity contribution < 1.29 is 28.7 Å². The molecule has 14 nitrogen and oxygen atoms in total. The number of likely N-dealkylation sites (N-methyl/N-ethyl adjacent to an activating group) is 1. The van der Waals surface area contributed by atoms with Gasteiger partial charge in [0.25, 0.3) is 23.3 Å². The standard InChI is InChI=1S/C36H40BrN7O7/c1-36(2,3)51-35(50)44-29(45)13-12-28(33(44)48)43-31(46)25-11-10-23(15-26(25)32(43)47)38-16-20-6-8-21(9-7-20)22-14-24(19-41(4)18-22)40-27-17-39-42(5)34(49)30(27)37/h6-11,15,17,22,24,28,38,40H,12-14,16,18-19H2,1-5H3/t22-,24+,28?/m0/s1. The summed E-state index contributed by atoms with van der Waals surface area (Å²) in [6.45, 7) is 6.99. The molecule has 4 heterocycles. The Morgan fingerprint density at radius 1 is 0.980 bits per heavy atom. The molecule has 0 spiro atoms. The van der Waals surface area contributed by atoms with Gasteiger partial charge >= 0.3 is 6.09 Å². The molecule has 1 aromatic heterocycles. The number of aryl methyl sites for hydroxylation is 1. The molecule has 0 aliphatic carbocycles. The highest BCUT2D eigenvalue weighted by Gasteiger charge is 2.49. The van der Waals surface area contributed by atoms with E-state index in [2.05, 4.69) is 67.9 Å². The third-order valence-electron chi connectivity index (χ3n) is 9.21. The van der Waals surface area contributed by atoms with Crippen LogP contribution in [0.5, 0.6) is 0 Å². The number of hydrogen-bond acceptors (Lipinski definition) is 11. The van der Waals surface area contributed by atoms with Gasteiger partial charge < -0.3 is 20.3 Å². The number of nitrogens with zero attached hydrogens (tertiary/aromatic N) is 5. The number of ether oxygens (including phenoxy) is 1. The molecule has 0 saturated carbocycles. The first-order valence-corrected chi connectivity index (χ1v) is 17.5. The van der Waals surface area contributed by atoms with Crippen LogP contribution in [0.1, 0.15) is 77.8 Å². The van der Waals surface area contributed by atoms with Crippen LogP contribution in [0.3, 0.4) is 0 Å². The van der Waals surface area contributed by atoms with E-state index in [4.69, 9.17) is 4.74 Å². The third kappa shape index (κ3) is 7.45. The predicted molar refractivity (Wildman–Crippen MR) is 191 cm³/mol. The second-order valence-electron chi connectivity index (χ2n) is 14.2. The zero-order valence-corrected chi connectivity index (χ0v) is 30.7. The fraction of sp³-hybridized carbons (Fsp3) is 0.417. The fourth-order valence-corrected chi connectivity index (χ4v) is 7.24. The molecule has 3 aromatic rings. The Morgan fingerprint density at radius 3 is 2.39 bits per heavy atom. The lowest BCUT2D eigenvalue weighted by Crippen LogP contribution is -2.58. The van der Waals surface area contributed by atoms with Gasteiger partial charge in [0.15, 0.2) is 0 Å². The minimum absolute atomic E-state index is 0.0820. The maximum atomic E-state index is 13.5. The van der Waals surface area contributed by atoms with Gasteiger partial charge in [0.2, 0.25) is 5.91 Å². The topological polar surface area (TPSA) is 163 Å². The second-order valence-corrected chi connectivity index (χ2v) is 15.0. The van der Waals surface area contributed by atoms with Crippen LogP contribution in [-0.4, -0.2) is 92.0 Å². The molecule has 51 heavy (non-hydrogen) atoms. The van der Waals surface area contributed by atoms with Crippen molar-refractivity contribution >= 4 is 57.0 Å². The molecule has 15 heteroatoms. The van der Waals surface area contributed by atoms with Crippen molar-refractivity contribution in [2.45, 2.75) is 70.2 Å². The first kappa shape index (κ1) is 35.9. The van der Waals surface area contributed by atoms with E-state index in [-0.39, 0.29) is 41.5 Å². The van der Waals surface area contributed by atoms with Crippen LogP contribution < -0.4 is 16.2 Å². The zero-order chi connectivity index (χ0) is 36.8. The van der Waals surface area contributed by atoms with Crippen molar-refractivity contribution in [3.8, 4) is 0 Å². The molecule has 6 rings (SSSR count). The molecule has 3 aliphatic rings. The number of carbonyl (C=O) groups excluding carboxylic acids is 5. The number of nitrogens with one attached hydrogen (secondary N) is 2. The molecular formula is C36H40BrN7O7. The molecule has 2 N–H and O–H groups in total. The van der Waals surface area contributed by atoms with Gasteiger partial charge in [0, 0.05) is 44.8 Å². The van der Waals surface area contributed by atoms with Gasteiger partial charge in [-0.1, -0.05) is 24.3 Å². The number of imide groups is 4. The Hall–Kier alpha value is -4.89. The van der Waals surface area contributed by atoms with Crippen LogP contribution in [0.15, 0.2) is 57.9 Å². The van der Waals surface area contributed by atoms with E-state index in [1.165, 1.54) is 16.3 Å². The summed E-state index contributed by atoms with van der Waals surface area (Å²) in [6.07, 6.45) is 1.12. The SMILES string of the molecule is CN1C[C@H](Nc2cnn(C)c(=O)c2Br)C[C@H](c2ccc(CNc3ccc4c(c3)C(=O)N(C3CCC(=O)N(C(=O)OC(C)(C)C)C3=O)C4=O)cc2)C1. The molecule has 1 unspecified atom stereocenters. The van der Waals surface area contributed by atoms with Crippen molar-refractivity contribution in [1.29, 1.82) is 0 Å². The summed E-state index contributed by atoms with van der Waals surface area (Å²) in [5, 5.41) is 10.9. The molecule has 3 atom stereocenters. The molecule has 2 saturated heterocycles. The Kier molecular flexibility index (Phi) is 9.88. The number of hydrogen-bond donors (Lipinski definition) is 2. The molecule has 3 aliphatic heterocycles. The van der Waals surface area contributed by atoms with Crippen molar-refractivity contribution in [1.82, 2.24) is 24.5 Å². The van der Waals surface area contributed by atoms with Gasteiger partial charge in [-0.2, -0.15) is 10.00 Å². The molecule has 0 radical (unpaired) electrons. The maximum absolute atomic E-state index is 13.5. The highest BCUT2D eigenvalue weighted by Crippen LogP contribution is 2.33. The van der Waals surface area contributed by atoms with E-state index in [1.54, 1.807) is 46.1 Å². The van der Waals surface area contributed by atoms with Crippen LogP contribution in [0, 0.1) is 0 Å². The van der Waals surface area contributed by atoms with Crippen LogP contribution >= 0.6 is 15.9 Å². The average molecular weight is 763 g/mol. The normalized spacial score (nSPS) is 21.2. The van der Waals surface area contributed by atoms with Gasteiger partial charge in [-0.05, 0) is 91.8 Å². The maximum Gasteiger partial charge on any atom is 0.424 e. The minimum atomic E-state index is -1.31. The molecular weight excluding hydrogens is 722 g/mol. The Bertz CT molecular complexity index is 1970. The lowest BCUT2D eigenvalue weighted by Gasteiger charge is -2.37. The van der Waals surface area contributed by atoms with Crippen molar-refractivity contribution in [3.63, 3.8) is 0 Å². The largest absolute Gasteiger partial charge is 0.443 e. The molecule has 5 amide bonds. The van der Waals surface area contributed by atoms with Crippen LogP contribution in [0.25, 0.3) is 0 Å². The number of piperidine rings is 2. The summed E-state index contributed by atoms with van der Waals surface area (Å²) < 4.78 is 6.98. The summed E-state index contributed by atoms with van der Waals surface area (Å²) >= 11 is 3.40.